The first-order chi connectivity index (χ1) is 10.1. The van der Waals surface area contributed by atoms with Gasteiger partial charge in [0.25, 0.3) is 0 Å². The van der Waals surface area contributed by atoms with Gasteiger partial charge in [0.1, 0.15) is 0 Å². The van der Waals surface area contributed by atoms with E-state index in [9.17, 15) is 8.42 Å². The van der Waals surface area contributed by atoms with Crippen LogP contribution in [-0.2, 0) is 15.8 Å². The van der Waals surface area contributed by atoms with Gasteiger partial charge in [0, 0.05) is 15.9 Å². The summed E-state index contributed by atoms with van der Waals surface area (Å²) in [6, 6.07) is 15.1. The van der Waals surface area contributed by atoms with E-state index < -0.39 is 10.0 Å². The average Bonchev–Trinajstić information content (AvgIpc) is 2.48. The molecular formula is C16H14BrNO2S. The van der Waals surface area contributed by atoms with E-state index in [2.05, 4.69) is 15.9 Å². The Morgan fingerprint density at radius 2 is 1.81 bits per heavy atom. The standard InChI is InChI=1S/C16H14BrNO2S/c17-16-8-4-7-14-9-10-18(11-15(14)16)21(19,20)12-13-5-2-1-3-6-13/h1-9,11H,10,12H2. The maximum absolute atomic E-state index is 12.5. The molecule has 0 N–H and O–H groups in total. The lowest BCUT2D eigenvalue weighted by Crippen LogP contribution is -2.39. The van der Waals surface area contributed by atoms with Gasteiger partial charge in [0.05, 0.1) is 12.3 Å². The van der Waals surface area contributed by atoms with Gasteiger partial charge >= 0.3 is 0 Å². The van der Waals surface area contributed by atoms with Crippen LogP contribution in [0.3, 0.4) is 0 Å². The predicted octanol–water partition coefficient (Wildman–Crippen LogP) is 1.81. The fraction of sp³-hybridized carbons (Fsp3) is 0.125. The van der Waals surface area contributed by atoms with E-state index in [0.717, 1.165) is 20.5 Å². The van der Waals surface area contributed by atoms with E-state index in [1.807, 2.05) is 54.6 Å². The molecule has 1 aliphatic rings. The number of fused-ring (bicyclic) bond motifs is 1. The van der Waals surface area contributed by atoms with Crippen LogP contribution in [0.1, 0.15) is 5.56 Å². The molecule has 3 nitrogen and oxygen atoms in total. The number of rotatable bonds is 3. The maximum atomic E-state index is 12.5. The Labute approximate surface area is 132 Å². The number of halogens is 1. The second-order valence-electron chi connectivity index (χ2n) is 4.89. The highest BCUT2D eigenvalue weighted by molar-refractivity contribution is 9.10. The molecule has 0 bridgehead atoms. The lowest BCUT2D eigenvalue weighted by atomic mass is 10.2. The van der Waals surface area contributed by atoms with E-state index in [4.69, 9.17) is 0 Å². The van der Waals surface area contributed by atoms with E-state index in [1.165, 1.54) is 4.31 Å². The lowest BCUT2D eigenvalue weighted by molar-refractivity contribution is 0.538. The van der Waals surface area contributed by atoms with E-state index in [-0.39, 0.29) is 5.75 Å². The van der Waals surface area contributed by atoms with Gasteiger partial charge in [-0.2, -0.15) is 0 Å². The van der Waals surface area contributed by atoms with E-state index in [0.29, 0.717) is 6.54 Å². The number of hydrogen-bond donors (Lipinski definition) is 0. The number of benzene rings is 2. The third-order valence-electron chi connectivity index (χ3n) is 3.40. The number of sulfonamides is 1. The van der Waals surface area contributed by atoms with Crippen LogP contribution in [0.5, 0.6) is 0 Å². The van der Waals surface area contributed by atoms with Gasteiger partial charge in [-0.25, -0.2) is 8.42 Å². The summed E-state index contributed by atoms with van der Waals surface area (Å²) in [5, 5.41) is 1.95. The SMILES string of the molecule is O=S(=O)(Cc1ccccc1)N1C=c2c(Br)cccc2=CC1. The fourth-order valence-corrected chi connectivity index (χ4v) is 4.15. The molecule has 2 aromatic rings. The Kier molecular flexibility index (Phi) is 3.87. The summed E-state index contributed by atoms with van der Waals surface area (Å²) in [6.07, 6.45) is 3.64. The molecule has 1 heterocycles. The Morgan fingerprint density at radius 3 is 2.57 bits per heavy atom. The summed E-state index contributed by atoms with van der Waals surface area (Å²) in [7, 11) is -3.37. The number of nitrogens with zero attached hydrogens (tertiary/aromatic N) is 1. The van der Waals surface area contributed by atoms with Gasteiger partial charge in [-0.3, -0.25) is 4.31 Å². The van der Waals surface area contributed by atoms with Crippen molar-refractivity contribution >= 4 is 38.2 Å². The largest absolute Gasteiger partial charge is 0.272 e. The van der Waals surface area contributed by atoms with E-state index >= 15 is 0 Å². The van der Waals surface area contributed by atoms with Crippen LogP contribution in [0.4, 0.5) is 0 Å². The molecule has 21 heavy (non-hydrogen) atoms. The van der Waals surface area contributed by atoms with Crippen LogP contribution in [0.15, 0.2) is 53.0 Å². The Balaban J connectivity index is 1.97. The van der Waals surface area contributed by atoms with Crippen LogP contribution in [0.2, 0.25) is 0 Å². The Morgan fingerprint density at radius 1 is 1.05 bits per heavy atom. The molecule has 5 heteroatoms. The minimum atomic E-state index is -3.37. The summed E-state index contributed by atoms with van der Waals surface area (Å²) >= 11 is 3.47. The third-order valence-corrected chi connectivity index (χ3v) is 5.76. The van der Waals surface area contributed by atoms with Crippen molar-refractivity contribution in [1.29, 1.82) is 0 Å². The summed E-state index contributed by atoms with van der Waals surface area (Å²) in [6.45, 7) is 0.374. The molecular weight excluding hydrogens is 350 g/mol. The van der Waals surface area contributed by atoms with Crippen molar-refractivity contribution in [2.45, 2.75) is 5.75 Å². The van der Waals surface area contributed by atoms with Gasteiger partial charge in [-0.1, -0.05) is 64.5 Å². The molecule has 108 valence electrons. The first kappa shape index (κ1) is 14.4. The average molecular weight is 364 g/mol. The second kappa shape index (κ2) is 5.66. The van der Waals surface area contributed by atoms with E-state index in [1.54, 1.807) is 6.20 Å². The highest BCUT2D eigenvalue weighted by Gasteiger charge is 2.20. The van der Waals surface area contributed by atoms with Gasteiger partial charge in [-0.05, 0) is 16.8 Å². The zero-order valence-corrected chi connectivity index (χ0v) is 13.6. The topological polar surface area (TPSA) is 37.4 Å². The zero-order valence-electron chi connectivity index (χ0n) is 11.2. The Bertz CT molecular complexity index is 876. The molecule has 0 saturated carbocycles. The third kappa shape index (κ3) is 3.04. The van der Waals surface area contributed by atoms with Crippen LogP contribution in [0, 0.1) is 0 Å². The first-order valence-corrected chi connectivity index (χ1v) is 8.96. The second-order valence-corrected chi connectivity index (χ2v) is 7.66. The van der Waals surface area contributed by atoms with Crippen molar-refractivity contribution in [2.75, 3.05) is 6.54 Å². The lowest BCUT2D eigenvalue weighted by Gasteiger charge is -2.21. The quantitative estimate of drug-likeness (QED) is 0.833. The molecule has 0 aliphatic carbocycles. The monoisotopic (exact) mass is 363 g/mol. The van der Waals surface area contributed by atoms with Gasteiger partial charge in [0.2, 0.25) is 10.0 Å². The van der Waals surface area contributed by atoms with Crippen LogP contribution in [0.25, 0.3) is 12.3 Å². The molecule has 0 fully saturated rings. The van der Waals surface area contributed by atoms with Crippen LogP contribution < -0.4 is 10.4 Å². The molecule has 0 atom stereocenters. The summed E-state index contributed by atoms with van der Waals surface area (Å²) < 4.78 is 27.4. The molecule has 0 aromatic heterocycles. The highest BCUT2D eigenvalue weighted by atomic mass is 79.9. The van der Waals surface area contributed by atoms with Crippen LogP contribution >= 0.6 is 15.9 Å². The summed E-state index contributed by atoms with van der Waals surface area (Å²) in [5.74, 6) is 0.0119. The van der Waals surface area contributed by atoms with Crippen molar-refractivity contribution in [3.63, 3.8) is 0 Å². The van der Waals surface area contributed by atoms with Crippen molar-refractivity contribution in [3.05, 3.63) is 69.0 Å². The molecule has 0 saturated heterocycles. The van der Waals surface area contributed by atoms with Gasteiger partial charge < -0.3 is 0 Å². The van der Waals surface area contributed by atoms with Gasteiger partial charge in [0.15, 0.2) is 0 Å². The fourth-order valence-electron chi connectivity index (χ4n) is 2.31. The maximum Gasteiger partial charge on any atom is 0.239 e. The highest BCUT2D eigenvalue weighted by Crippen LogP contribution is 2.13. The zero-order chi connectivity index (χ0) is 14.9. The summed E-state index contributed by atoms with van der Waals surface area (Å²) in [5.41, 5.74) is 0.795. The molecule has 0 radical (unpaired) electrons. The molecule has 1 aliphatic heterocycles. The minimum Gasteiger partial charge on any atom is -0.272 e. The smallest absolute Gasteiger partial charge is 0.239 e. The Hall–Kier alpha value is -1.59. The van der Waals surface area contributed by atoms with Crippen LogP contribution in [-0.4, -0.2) is 19.3 Å². The molecule has 3 rings (SSSR count). The van der Waals surface area contributed by atoms with Crippen molar-refractivity contribution in [3.8, 4) is 0 Å². The normalized spacial score (nSPS) is 14.0. The number of hydrogen-bond acceptors (Lipinski definition) is 2. The van der Waals surface area contributed by atoms with Crippen molar-refractivity contribution in [1.82, 2.24) is 4.31 Å². The molecule has 2 aromatic carbocycles. The van der Waals surface area contributed by atoms with Crippen molar-refractivity contribution < 1.29 is 8.42 Å². The molecule has 0 spiro atoms. The minimum absolute atomic E-state index is 0.0119. The molecule has 0 amide bonds. The molecule has 0 unspecified atom stereocenters. The van der Waals surface area contributed by atoms with Crippen molar-refractivity contribution in [2.24, 2.45) is 0 Å². The predicted molar refractivity (Wildman–Crippen MR) is 88.1 cm³/mol. The summed E-state index contributed by atoms with van der Waals surface area (Å²) in [4.78, 5) is 0. The van der Waals surface area contributed by atoms with Gasteiger partial charge in [-0.15, -0.1) is 0 Å². The first-order valence-electron chi connectivity index (χ1n) is 6.56.